The first-order chi connectivity index (χ1) is 16.3. The number of rotatable bonds is 3. The SMILES string of the molecule is N#Cc1cc(-c2cccnc2)ccc1-c1cccc2c1oc1c(-c3ccccc3)cccc12. The summed E-state index contributed by atoms with van der Waals surface area (Å²) < 4.78 is 6.52. The number of hydrogen-bond acceptors (Lipinski definition) is 3. The molecule has 0 unspecified atom stereocenters. The van der Waals surface area contributed by atoms with Crippen LogP contribution in [0.4, 0.5) is 0 Å². The van der Waals surface area contributed by atoms with Crippen molar-refractivity contribution >= 4 is 21.9 Å². The molecule has 33 heavy (non-hydrogen) atoms. The number of pyridine rings is 1. The molecule has 0 saturated heterocycles. The van der Waals surface area contributed by atoms with Crippen LogP contribution in [0.2, 0.25) is 0 Å². The molecule has 0 fully saturated rings. The van der Waals surface area contributed by atoms with Crippen molar-refractivity contribution in [3.05, 3.63) is 115 Å². The predicted molar refractivity (Wildman–Crippen MR) is 133 cm³/mol. The lowest BCUT2D eigenvalue weighted by molar-refractivity contribution is 0.671. The first-order valence-corrected chi connectivity index (χ1v) is 10.8. The Hall–Kier alpha value is -4.68. The van der Waals surface area contributed by atoms with E-state index < -0.39 is 0 Å². The summed E-state index contributed by atoms with van der Waals surface area (Å²) in [6, 6.07) is 34.9. The highest BCUT2D eigenvalue weighted by molar-refractivity contribution is 6.13. The van der Waals surface area contributed by atoms with Gasteiger partial charge in [0.1, 0.15) is 11.2 Å². The van der Waals surface area contributed by atoms with E-state index in [1.807, 2.05) is 60.7 Å². The van der Waals surface area contributed by atoms with Crippen molar-refractivity contribution in [1.82, 2.24) is 4.98 Å². The fourth-order valence-corrected chi connectivity index (χ4v) is 4.46. The van der Waals surface area contributed by atoms with Crippen molar-refractivity contribution in [2.24, 2.45) is 0 Å². The van der Waals surface area contributed by atoms with Gasteiger partial charge in [0, 0.05) is 45.4 Å². The highest BCUT2D eigenvalue weighted by atomic mass is 16.3. The van der Waals surface area contributed by atoms with Gasteiger partial charge in [-0.15, -0.1) is 0 Å². The molecule has 4 aromatic carbocycles. The molecule has 0 saturated carbocycles. The number of para-hydroxylation sites is 2. The Kier molecular flexibility index (Phi) is 4.49. The van der Waals surface area contributed by atoms with Gasteiger partial charge in [-0.2, -0.15) is 5.26 Å². The third-order valence-corrected chi connectivity index (χ3v) is 6.03. The van der Waals surface area contributed by atoms with Crippen LogP contribution in [-0.4, -0.2) is 4.98 Å². The number of fused-ring (bicyclic) bond motifs is 3. The van der Waals surface area contributed by atoms with Gasteiger partial charge in [-0.05, 0) is 23.3 Å². The fraction of sp³-hybridized carbons (Fsp3) is 0. The molecule has 0 spiro atoms. The Morgan fingerprint density at radius 2 is 1.33 bits per heavy atom. The highest BCUT2D eigenvalue weighted by Gasteiger charge is 2.17. The highest BCUT2D eigenvalue weighted by Crippen LogP contribution is 2.40. The molecule has 154 valence electrons. The van der Waals surface area contributed by atoms with Crippen molar-refractivity contribution in [1.29, 1.82) is 5.26 Å². The molecule has 3 nitrogen and oxygen atoms in total. The van der Waals surface area contributed by atoms with Crippen LogP contribution in [-0.2, 0) is 0 Å². The molecule has 0 radical (unpaired) electrons. The Morgan fingerprint density at radius 1 is 0.606 bits per heavy atom. The van der Waals surface area contributed by atoms with E-state index in [4.69, 9.17) is 4.42 Å². The molecule has 0 N–H and O–H groups in total. The summed E-state index contributed by atoms with van der Waals surface area (Å²) in [7, 11) is 0. The molecule has 2 heterocycles. The number of furan rings is 1. The molecule has 6 rings (SSSR count). The molecular formula is C30H18N2O. The van der Waals surface area contributed by atoms with Crippen LogP contribution in [0.25, 0.3) is 55.3 Å². The third-order valence-electron chi connectivity index (χ3n) is 6.03. The first-order valence-electron chi connectivity index (χ1n) is 10.8. The van der Waals surface area contributed by atoms with Gasteiger partial charge in [-0.3, -0.25) is 4.98 Å². The van der Waals surface area contributed by atoms with E-state index in [2.05, 4.69) is 47.5 Å². The number of aromatic nitrogens is 1. The van der Waals surface area contributed by atoms with E-state index in [1.165, 1.54) is 0 Å². The van der Waals surface area contributed by atoms with Crippen molar-refractivity contribution < 1.29 is 4.42 Å². The summed E-state index contributed by atoms with van der Waals surface area (Å²) in [6.07, 6.45) is 3.55. The number of nitrogens with zero attached hydrogens (tertiary/aromatic N) is 2. The van der Waals surface area contributed by atoms with Crippen LogP contribution in [0.15, 0.2) is 114 Å². The molecule has 2 aromatic heterocycles. The van der Waals surface area contributed by atoms with Gasteiger partial charge in [0.2, 0.25) is 0 Å². The molecule has 0 atom stereocenters. The average Bonchev–Trinajstić information content (AvgIpc) is 3.28. The summed E-state index contributed by atoms with van der Waals surface area (Å²) in [5, 5.41) is 12.1. The lowest BCUT2D eigenvalue weighted by Crippen LogP contribution is -1.88. The molecular weight excluding hydrogens is 404 g/mol. The maximum Gasteiger partial charge on any atom is 0.143 e. The standard InChI is InChI=1S/C30H18N2O/c31-18-23-17-21(22-9-6-16-32-19-22)14-15-24(23)26-11-5-13-28-27-12-4-10-25(29(27)33-30(26)28)20-7-2-1-3-8-20/h1-17,19H. The molecule has 0 aliphatic rings. The maximum atomic E-state index is 9.96. The zero-order valence-electron chi connectivity index (χ0n) is 17.7. The van der Waals surface area contributed by atoms with Crippen LogP contribution < -0.4 is 0 Å². The van der Waals surface area contributed by atoms with Crippen LogP contribution in [0.1, 0.15) is 5.56 Å². The van der Waals surface area contributed by atoms with Gasteiger partial charge in [0.25, 0.3) is 0 Å². The van der Waals surface area contributed by atoms with Gasteiger partial charge < -0.3 is 4.42 Å². The van der Waals surface area contributed by atoms with Crippen LogP contribution >= 0.6 is 0 Å². The van der Waals surface area contributed by atoms with Gasteiger partial charge in [0.15, 0.2) is 0 Å². The Balaban J connectivity index is 1.58. The second kappa shape index (κ2) is 7.78. The quantitative estimate of drug-likeness (QED) is 0.292. The van der Waals surface area contributed by atoms with Gasteiger partial charge in [-0.25, -0.2) is 0 Å². The zero-order valence-corrected chi connectivity index (χ0v) is 17.7. The monoisotopic (exact) mass is 422 g/mol. The van der Waals surface area contributed by atoms with Crippen molar-refractivity contribution in [3.8, 4) is 39.4 Å². The van der Waals surface area contributed by atoms with E-state index in [0.29, 0.717) is 5.56 Å². The molecule has 0 amide bonds. The topological polar surface area (TPSA) is 49.8 Å². The minimum absolute atomic E-state index is 0.604. The summed E-state index contributed by atoms with van der Waals surface area (Å²) in [6.45, 7) is 0. The molecule has 0 bridgehead atoms. The Labute approximate surface area is 191 Å². The van der Waals surface area contributed by atoms with E-state index in [1.54, 1.807) is 12.4 Å². The number of benzene rings is 4. The molecule has 3 heteroatoms. The average molecular weight is 422 g/mol. The van der Waals surface area contributed by atoms with E-state index in [9.17, 15) is 5.26 Å². The lowest BCUT2D eigenvalue weighted by atomic mass is 9.94. The van der Waals surface area contributed by atoms with Gasteiger partial charge in [-0.1, -0.05) is 84.9 Å². The molecule has 0 aliphatic carbocycles. The van der Waals surface area contributed by atoms with Crippen molar-refractivity contribution in [3.63, 3.8) is 0 Å². The van der Waals surface area contributed by atoms with Crippen molar-refractivity contribution in [2.45, 2.75) is 0 Å². The maximum absolute atomic E-state index is 9.96. The molecule has 6 aromatic rings. The smallest absolute Gasteiger partial charge is 0.143 e. The normalized spacial score (nSPS) is 11.0. The van der Waals surface area contributed by atoms with Crippen LogP contribution in [0, 0.1) is 11.3 Å². The van der Waals surface area contributed by atoms with E-state index >= 15 is 0 Å². The van der Waals surface area contributed by atoms with E-state index in [0.717, 1.165) is 55.3 Å². The number of nitriles is 1. The predicted octanol–water partition coefficient (Wildman–Crippen LogP) is 7.85. The summed E-state index contributed by atoms with van der Waals surface area (Å²) in [4.78, 5) is 4.20. The first kappa shape index (κ1) is 19.0. The minimum Gasteiger partial charge on any atom is -0.455 e. The number of hydrogen-bond donors (Lipinski definition) is 0. The van der Waals surface area contributed by atoms with Crippen molar-refractivity contribution in [2.75, 3.05) is 0 Å². The largest absolute Gasteiger partial charge is 0.455 e. The second-order valence-corrected chi connectivity index (χ2v) is 7.95. The molecule has 0 aliphatic heterocycles. The van der Waals surface area contributed by atoms with Crippen LogP contribution in [0.5, 0.6) is 0 Å². The lowest BCUT2D eigenvalue weighted by Gasteiger charge is -2.08. The Bertz CT molecular complexity index is 1660. The van der Waals surface area contributed by atoms with E-state index in [-0.39, 0.29) is 0 Å². The summed E-state index contributed by atoms with van der Waals surface area (Å²) in [5.41, 5.74) is 8.14. The Morgan fingerprint density at radius 3 is 2.06 bits per heavy atom. The van der Waals surface area contributed by atoms with Crippen LogP contribution in [0.3, 0.4) is 0 Å². The van der Waals surface area contributed by atoms with Gasteiger partial charge in [0.05, 0.1) is 11.6 Å². The second-order valence-electron chi connectivity index (χ2n) is 7.95. The third kappa shape index (κ3) is 3.17. The summed E-state index contributed by atoms with van der Waals surface area (Å²) >= 11 is 0. The zero-order chi connectivity index (χ0) is 22.2. The minimum atomic E-state index is 0.604. The fourth-order valence-electron chi connectivity index (χ4n) is 4.46. The van der Waals surface area contributed by atoms with Gasteiger partial charge >= 0.3 is 0 Å². The summed E-state index contributed by atoms with van der Waals surface area (Å²) in [5.74, 6) is 0.